The first-order valence-corrected chi connectivity index (χ1v) is 6.33. The Labute approximate surface area is 94.8 Å². The highest BCUT2D eigenvalue weighted by Gasteiger charge is 2.15. The van der Waals surface area contributed by atoms with E-state index in [4.69, 9.17) is 10.1 Å². The van der Waals surface area contributed by atoms with E-state index in [-0.39, 0.29) is 19.0 Å². The fraction of sp³-hybridized carbons (Fsp3) is 0.750. The Morgan fingerprint density at radius 3 is 2.38 bits per heavy atom. The largest absolute Gasteiger partial charge is 0.458 e. The second kappa shape index (κ2) is 6.44. The number of carbonyl (C=O) groups excluding carboxylic acids is 1. The zero-order valence-corrected chi connectivity index (χ0v) is 10.3. The van der Waals surface area contributed by atoms with Crippen molar-refractivity contribution in [2.45, 2.75) is 20.0 Å². The van der Waals surface area contributed by atoms with E-state index in [2.05, 4.69) is 9.50 Å². The zero-order valence-electron chi connectivity index (χ0n) is 9.44. The molecule has 0 bridgehead atoms. The second-order valence-electron chi connectivity index (χ2n) is 3.23. The third kappa shape index (κ3) is 9.41. The number of esters is 1. The molecule has 7 nitrogen and oxygen atoms in total. The second-order valence-corrected chi connectivity index (χ2v) is 4.87. The molecule has 0 aliphatic heterocycles. The van der Waals surface area contributed by atoms with Crippen LogP contribution >= 0.6 is 0 Å². The van der Waals surface area contributed by atoms with Crippen LogP contribution in [0.25, 0.3) is 0 Å². The monoisotopic (exact) mass is 252 g/mol. The summed E-state index contributed by atoms with van der Waals surface area (Å²) in [5.41, 5.74) is 0. The van der Waals surface area contributed by atoms with Gasteiger partial charge in [-0.05, 0) is 6.92 Å². The molecule has 0 radical (unpaired) electrons. The lowest BCUT2D eigenvalue weighted by Gasteiger charge is -2.17. The Balaban J connectivity index is 4.20. The molecule has 16 heavy (non-hydrogen) atoms. The van der Waals surface area contributed by atoms with E-state index in [9.17, 15) is 13.2 Å². The molecule has 1 unspecified atom stereocenters. The van der Waals surface area contributed by atoms with Gasteiger partial charge in [-0.2, -0.15) is 8.42 Å². The molecule has 2 N–H and O–H groups in total. The van der Waals surface area contributed by atoms with Crippen LogP contribution in [0.5, 0.6) is 0 Å². The molecule has 0 saturated heterocycles. The van der Waals surface area contributed by atoms with Crippen molar-refractivity contribution in [3.8, 4) is 0 Å². The number of ether oxygens (including phenoxy) is 1. The average Bonchev–Trinajstić information content (AvgIpc) is 2.07. The molecule has 0 aliphatic carbocycles. The van der Waals surface area contributed by atoms with E-state index >= 15 is 0 Å². The summed E-state index contributed by atoms with van der Waals surface area (Å²) in [5.74, 6) is -0.344. The lowest BCUT2D eigenvalue weighted by molar-refractivity contribution is -0.147. The Morgan fingerprint density at radius 1 is 1.44 bits per heavy atom. The van der Waals surface area contributed by atoms with Gasteiger partial charge >= 0.3 is 5.97 Å². The predicted molar refractivity (Wildman–Crippen MR) is 57.8 cm³/mol. The molecular weight excluding hydrogens is 236 g/mol. The summed E-state index contributed by atoms with van der Waals surface area (Å²) in [5, 5.41) is 9.73. The number of nitrogens with one attached hydrogen (secondary N) is 2. The minimum absolute atomic E-state index is 0.129. The Morgan fingerprint density at radius 2 is 2.00 bits per heavy atom. The van der Waals surface area contributed by atoms with E-state index < -0.39 is 22.2 Å². The van der Waals surface area contributed by atoms with Crippen LogP contribution in [-0.2, 0) is 23.8 Å². The molecule has 0 fully saturated rings. The number of amidine groups is 1. The topological polar surface area (TPSA) is 106 Å². The van der Waals surface area contributed by atoms with Crippen molar-refractivity contribution in [1.29, 1.82) is 5.41 Å². The smallest absolute Gasteiger partial charge is 0.303 e. The lowest BCUT2D eigenvalue weighted by Crippen LogP contribution is -2.36. The van der Waals surface area contributed by atoms with Gasteiger partial charge in [-0.1, -0.05) is 0 Å². The summed E-state index contributed by atoms with van der Waals surface area (Å²) in [6.45, 7) is 2.59. The SMILES string of the molecule is CC(=N)NCC(COS(C)(=O)=O)OC(C)=O. The number of carbonyl (C=O) groups is 1. The molecule has 0 heterocycles. The number of rotatable bonds is 6. The van der Waals surface area contributed by atoms with Gasteiger partial charge in [-0.3, -0.25) is 14.4 Å². The van der Waals surface area contributed by atoms with Crippen molar-refractivity contribution in [3.05, 3.63) is 0 Å². The van der Waals surface area contributed by atoms with E-state index in [1.54, 1.807) is 0 Å². The summed E-state index contributed by atoms with van der Waals surface area (Å²) in [7, 11) is -3.57. The predicted octanol–water partition coefficient (Wildman–Crippen LogP) is -0.519. The normalized spacial score (nSPS) is 12.9. The fourth-order valence-corrected chi connectivity index (χ4v) is 1.23. The highest BCUT2D eigenvalue weighted by Crippen LogP contribution is 1.97. The molecule has 0 rings (SSSR count). The van der Waals surface area contributed by atoms with Gasteiger partial charge in [0.1, 0.15) is 12.7 Å². The molecule has 94 valence electrons. The van der Waals surface area contributed by atoms with Gasteiger partial charge < -0.3 is 10.1 Å². The van der Waals surface area contributed by atoms with Crippen molar-refractivity contribution in [2.75, 3.05) is 19.4 Å². The highest BCUT2D eigenvalue weighted by atomic mass is 32.2. The van der Waals surface area contributed by atoms with Crippen LogP contribution in [0.1, 0.15) is 13.8 Å². The lowest BCUT2D eigenvalue weighted by atomic mass is 10.3. The molecular formula is C8H16N2O5S. The fourth-order valence-electron chi connectivity index (χ4n) is 0.836. The molecule has 0 spiro atoms. The maximum absolute atomic E-state index is 10.7. The first-order chi connectivity index (χ1) is 7.20. The number of hydrogen-bond donors (Lipinski definition) is 2. The third-order valence-electron chi connectivity index (χ3n) is 1.40. The molecule has 0 aliphatic rings. The van der Waals surface area contributed by atoms with E-state index in [1.807, 2.05) is 0 Å². The van der Waals surface area contributed by atoms with Crippen LogP contribution in [0.3, 0.4) is 0 Å². The van der Waals surface area contributed by atoms with E-state index in [0.717, 1.165) is 6.26 Å². The molecule has 0 aromatic rings. The van der Waals surface area contributed by atoms with Gasteiger partial charge in [-0.25, -0.2) is 0 Å². The summed E-state index contributed by atoms with van der Waals surface area (Å²) in [4.78, 5) is 10.7. The van der Waals surface area contributed by atoms with Crippen molar-refractivity contribution >= 4 is 21.9 Å². The Bertz CT molecular complexity index is 351. The summed E-state index contributed by atoms with van der Waals surface area (Å²) < 4.78 is 30.8. The third-order valence-corrected chi connectivity index (χ3v) is 1.96. The van der Waals surface area contributed by atoms with Gasteiger partial charge in [-0.15, -0.1) is 0 Å². The maximum atomic E-state index is 10.7. The molecule has 0 aromatic heterocycles. The van der Waals surface area contributed by atoms with Crippen molar-refractivity contribution < 1.29 is 22.1 Å². The minimum atomic E-state index is -3.57. The van der Waals surface area contributed by atoms with Gasteiger partial charge in [0.25, 0.3) is 10.1 Å². The summed E-state index contributed by atoms with van der Waals surface area (Å²) in [6.07, 6.45) is 0.167. The molecule has 8 heteroatoms. The first kappa shape index (κ1) is 14.8. The van der Waals surface area contributed by atoms with Crippen LogP contribution in [0.4, 0.5) is 0 Å². The molecule has 0 saturated carbocycles. The van der Waals surface area contributed by atoms with Crippen LogP contribution in [0, 0.1) is 5.41 Å². The standard InChI is InChI=1S/C8H16N2O5S/c1-6(9)10-4-8(15-7(2)11)5-14-16(3,12)13/h8H,4-5H2,1-3H3,(H2,9,10). The van der Waals surface area contributed by atoms with Crippen LogP contribution in [0.2, 0.25) is 0 Å². The molecule has 1 atom stereocenters. The zero-order chi connectivity index (χ0) is 12.8. The van der Waals surface area contributed by atoms with Crippen molar-refractivity contribution in [3.63, 3.8) is 0 Å². The van der Waals surface area contributed by atoms with Gasteiger partial charge in [0.2, 0.25) is 0 Å². The number of hydrogen-bond acceptors (Lipinski definition) is 6. The van der Waals surface area contributed by atoms with E-state index in [0.29, 0.717) is 0 Å². The van der Waals surface area contributed by atoms with Gasteiger partial charge in [0.05, 0.1) is 18.6 Å². The first-order valence-electron chi connectivity index (χ1n) is 4.51. The summed E-state index contributed by atoms with van der Waals surface area (Å²) >= 11 is 0. The molecule has 0 amide bonds. The Hall–Kier alpha value is -1.15. The van der Waals surface area contributed by atoms with Crippen molar-refractivity contribution in [1.82, 2.24) is 5.32 Å². The quantitative estimate of drug-likeness (QED) is 0.285. The van der Waals surface area contributed by atoms with Gasteiger partial charge in [0, 0.05) is 6.92 Å². The van der Waals surface area contributed by atoms with E-state index in [1.165, 1.54) is 13.8 Å². The van der Waals surface area contributed by atoms with Crippen LogP contribution < -0.4 is 5.32 Å². The average molecular weight is 252 g/mol. The Kier molecular flexibility index (Phi) is 5.97. The highest BCUT2D eigenvalue weighted by molar-refractivity contribution is 7.85. The molecule has 0 aromatic carbocycles. The van der Waals surface area contributed by atoms with Crippen LogP contribution in [-0.4, -0.2) is 45.7 Å². The minimum Gasteiger partial charge on any atom is -0.458 e. The van der Waals surface area contributed by atoms with Crippen molar-refractivity contribution in [2.24, 2.45) is 0 Å². The summed E-state index contributed by atoms with van der Waals surface area (Å²) in [6, 6.07) is 0. The van der Waals surface area contributed by atoms with Crippen LogP contribution in [0.15, 0.2) is 0 Å². The maximum Gasteiger partial charge on any atom is 0.303 e. The van der Waals surface area contributed by atoms with Gasteiger partial charge in [0.15, 0.2) is 0 Å².